The summed E-state index contributed by atoms with van der Waals surface area (Å²) >= 11 is 4.34. The molecular formula is C10H12OS. The molecule has 1 atom stereocenters. The van der Waals surface area contributed by atoms with Gasteiger partial charge in [0.25, 0.3) is 0 Å². The first kappa shape index (κ1) is 9.33. The van der Waals surface area contributed by atoms with Crippen LogP contribution in [0.5, 0.6) is 0 Å². The van der Waals surface area contributed by atoms with Gasteiger partial charge in [0.1, 0.15) is 5.78 Å². The molecule has 0 fully saturated rings. The van der Waals surface area contributed by atoms with Crippen LogP contribution in [0.25, 0.3) is 0 Å². The van der Waals surface area contributed by atoms with E-state index in [1.54, 1.807) is 6.92 Å². The summed E-state index contributed by atoms with van der Waals surface area (Å²) in [5, 5.41) is 0.0451. The van der Waals surface area contributed by atoms with Gasteiger partial charge in [0, 0.05) is 11.7 Å². The van der Waals surface area contributed by atoms with Crippen LogP contribution in [0.3, 0.4) is 0 Å². The van der Waals surface area contributed by atoms with Crippen molar-refractivity contribution in [3.05, 3.63) is 35.9 Å². The third kappa shape index (κ3) is 2.70. The summed E-state index contributed by atoms with van der Waals surface area (Å²) in [6, 6.07) is 9.84. The van der Waals surface area contributed by atoms with Gasteiger partial charge in [-0.2, -0.15) is 12.6 Å². The van der Waals surface area contributed by atoms with Gasteiger partial charge in [-0.15, -0.1) is 0 Å². The van der Waals surface area contributed by atoms with Crippen molar-refractivity contribution in [1.82, 2.24) is 0 Å². The van der Waals surface area contributed by atoms with Crippen molar-refractivity contribution in [3.63, 3.8) is 0 Å². The van der Waals surface area contributed by atoms with Crippen molar-refractivity contribution in [1.29, 1.82) is 0 Å². The lowest BCUT2D eigenvalue weighted by Crippen LogP contribution is -1.97. The average molecular weight is 180 g/mol. The molecule has 2 heteroatoms. The van der Waals surface area contributed by atoms with Gasteiger partial charge in [-0.25, -0.2) is 0 Å². The Balaban J connectivity index is 2.65. The SMILES string of the molecule is CC(=O)CC(S)c1ccccc1. The Kier molecular flexibility index (Phi) is 3.35. The zero-order valence-corrected chi connectivity index (χ0v) is 7.92. The van der Waals surface area contributed by atoms with Gasteiger partial charge in [-0.1, -0.05) is 30.3 Å². The van der Waals surface area contributed by atoms with E-state index < -0.39 is 0 Å². The number of Topliss-reactive ketones (excluding diaryl/α,β-unsaturated/α-hetero) is 1. The molecule has 1 unspecified atom stereocenters. The van der Waals surface area contributed by atoms with Crippen LogP contribution in [-0.4, -0.2) is 5.78 Å². The minimum atomic E-state index is 0.0451. The van der Waals surface area contributed by atoms with E-state index >= 15 is 0 Å². The zero-order chi connectivity index (χ0) is 8.97. The van der Waals surface area contributed by atoms with Gasteiger partial charge in [-0.3, -0.25) is 4.79 Å². The fourth-order valence-corrected chi connectivity index (χ4v) is 1.49. The molecule has 0 amide bonds. The molecule has 1 aromatic rings. The Morgan fingerprint density at radius 3 is 2.50 bits per heavy atom. The molecule has 12 heavy (non-hydrogen) atoms. The van der Waals surface area contributed by atoms with E-state index in [2.05, 4.69) is 12.6 Å². The van der Waals surface area contributed by atoms with E-state index in [0.717, 1.165) is 5.56 Å². The van der Waals surface area contributed by atoms with Crippen LogP contribution in [-0.2, 0) is 4.79 Å². The predicted molar refractivity (Wildman–Crippen MR) is 53.5 cm³/mol. The highest BCUT2D eigenvalue weighted by Crippen LogP contribution is 2.22. The van der Waals surface area contributed by atoms with E-state index in [-0.39, 0.29) is 11.0 Å². The molecule has 0 spiro atoms. The van der Waals surface area contributed by atoms with Crippen molar-refractivity contribution < 1.29 is 4.79 Å². The summed E-state index contributed by atoms with van der Waals surface area (Å²) in [5.74, 6) is 0.179. The molecule has 0 radical (unpaired) electrons. The van der Waals surface area contributed by atoms with Crippen LogP contribution in [0.4, 0.5) is 0 Å². The lowest BCUT2D eigenvalue weighted by Gasteiger charge is -2.07. The average Bonchev–Trinajstić information content (AvgIpc) is 2.05. The highest BCUT2D eigenvalue weighted by atomic mass is 32.1. The molecule has 0 heterocycles. The second kappa shape index (κ2) is 4.31. The second-order valence-electron chi connectivity index (χ2n) is 2.83. The summed E-state index contributed by atoms with van der Waals surface area (Å²) in [7, 11) is 0. The van der Waals surface area contributed by atoms with Crippen molar-refractivity contribution in [3.8, 4) is 0 Å². The fraction of sp³-hybridized carbons (Fsp3) is 0.300. The minimum absolute atomic E-state index is 0.0451. The molecule has 0 aliphatic rings. The summed E-state index contributed by atoms with van der Waals surface area (Å²) in [6.07, 6.45) is 0.507. The second-order valence-corrected chi connectivity index (χ2v) is 3.46. The van der Waals surface area contributed by atoms with Gasteiger partial charge in [0.05, 0.1) is 0 Å². The number of hydrogen-bond acceptors (Lipinski definition) is 2. The summed E-state index contributed by atoms with van der Waals surface area (Å²) in [4.78, 5) is 10.8. The molecule has 1 rings (SSSR count). The number of ketones is 1. The number of rotatable bonds is 3. The summed E-state index contributed by atoms with van der Waals surface area (Å²) in [5.41, 5.74) is 1.11. The number of benzene rings is 1. The number of hydrogen-bond donors (Lipinski definition) is 1. The topological polar surface area (TPSA) is 17.1 Å². The summed E-state index contributed by atoms with van der Waals surface area (Å²) in [6.45, 7) is 1.59. The predicted octanol–water partition coefficient (Wildman–Crippen LogP) is 2.64. The minimum Gasteiger partial charge on any atom is -0.300 e. The van der Waals surface area contributed by atoms with Crippen LogP contribution in [0.15, 0.2) is 30.3 Å². The van der Waals surface area contributed by atoms with E-state index in [4.69, 9.17) is 0 Å². The van der Waals surface area contributed by atoms with Crippen LogP contribution in [0, 0.1) is 0 Å². The highest BCUT2D eigenvalue weighted by Gasteiger charge is 2.07. The van der Waals surface area contributed by atoms with Crippen molar-refractivity contribution >= 4 is 18.4 Å². The van der Waals surface area contributed by atoms with Gasteiger partial charge in [-0.05, 0) is 12.5 Å². The van der Waals surface area contributed by atoms with E-state index in [1.807, 2.05) is 30.3 Å². The van der Waals surface area contributed by atoms with Crippen LogP contribution >= 0.6 is 12.6 Å². The van der Waals surface area contributed by atoms with Gasteiger partial charge in [0.2, 0.25) is 0 Å². The molecule has 64 valence electrons. The first-order valence-corrected chi connectivity index (χ1v) is 4.44. The lowest BCUT2D eigenvalue weighted by atomic mass is 10.1. The smallest absolute Gasteiger partial charge is 0.131 e. The molecule has 0 saturated heterocycles. The maximum Gasteiger partial charge on any atom is 0.131 e. The molecule has 0 aliphatic heterocycles. The zero-order valence-electron chi connectivity index (χ0n) is 7.03. The van der Waals surface area contributed by atoms with E-state index in [0.29, 0.717) is 6.42 Å². The Labute approximate surface area is 78.2 Å². The normalized spacial score (nSPS) is 12.5. The molecule has 0 aromatic heterocycles. The van der Waals surface area contributed by atoms with Crippen molar-refractivity contribution in [2.24, 2.45) is 0 Å². The molecule has 0 bridgehead atoms. The molecule has 0 saturated carbocycles. The Morgan fingerprint density at radius 1 is 1.42 bits per heavy atom. The maximum absolute atomic E-state index is 10.8. The summed E-state index contributed by atoms with van der Waals surface area (Å²) < 4.78 is 0. The van der Waals surface area contributed by atoms with Crippen LogP contribution in [0.2, 0.25) is 0 Å². The standard InChI is InChI=1S/C10H12OS/c1-8(11)7-10(12)9-5-3-2-4-6-9/h2-6,10,12H,7H2,1H3. The Morgan fingerprint density at radius 2 is 2.00 bits per heavy atom. The van der Waals surface area contributed by atoms with E-state index in [1.165, 1.54) is 0 Å². The third-order valence-electron chi connectivity index (χ3n) is 1.67. The largest absolute Gasteiger partial charge is 0.300 e. The molecule has 0 N–H and O–H groups in total. The molecule has 1 aromatic carbocycles. The lowest BCUT2D eigenvalue weighted by molar-refractivity contribution is -0.117. The molecule has 0 aliphatic carbocycles. The van der Waals surface area contributed by atoms with Crippen molar-refractivity contribution in [2.45, 2.75) is 18.6 Å². The number of carbonyl (C=O) groups excluding carboxylic acids is 1. The quantitative estimate of drug-likeness (QED) is 0.708. The first-order valence-electron chi connectivity index (χ1n) is 3.92. The van der Waals surface area contributed by atoms with E-state index in [9.17, 15) is 4.79 Å². The Bertz CT molecular complexity index is 256. The monoisotopic (exact) mass is 180 g/mol. The Hall–Kier alpha value is -0.760. The number of thiol groups is 1. The van der Waals surface area contributed by atoms with Gasteiger partial charge >= 0.3 is 0 Å². The first-order chi connectivity index (χ1) is 5.70. The van der Waals surface area contributed by atoms with Crippen LogP contribution < -0.4 is 0 Å². The van der Waals surface area contributed by atoms with Gasteiger partial charge in [0.15, 0.2) is 0 Å². The maximum atomic E-state index is 10.8. The van der Waals surface area contributed by atoms with Crippen molar-refractivity contribution in [2.75, 3.05) is 0 Å². The number of carbonyl (C=O) groups is 1. The molecular weight excluding hydrogens is 168 g/mol. The van der Waals surface area contributed by atoms with Gasteiger partial charge < -0.3 is 0 Å². The fourth-order valence-electron chi connectivity index (χ4n) is 1.07. The highest BCUT2D eigenvalue weighted by molar-refractivity contribution is 7.80. The van der Waals surface area contributed by atoms with Crippen LogP contribution in [0.1, 0.15) is 24.2 Å². The third-order valence-corrected chi connectivity index (χ3v) is 2.15. The molecule has 1 nitrogen and oxygen atoms in total.